The molecule has 0 atom stereocenters. The second-order valence-corrected chi connectivity index (χ2v) is 6.10. The topological polar surface area (TPSA) is 77.9 Å². The number of carboxylic acid groups (broad SMARTS) is 1. The molecule has 0 spiro atoms. The first-order chi connectivity index (χ1) is 7.42. The summed E-state index contributed by atoms with van der Waals surface area (Å²) in [5, 5.41) is 8.44. The van der Waals surface area contributed by atoms with Crippen molar-refractivity contribution in [3.05, 3.63) is 0 Å². The number of sulfonamides is 1. The van der Waals surface area contributed by atoms with Crippen LogP contribution in [-0.4, -0.2) is 67.7 Å². The van der Waals surface area contributed by atoms with Crippen molar-refractivity contribution < 1.29 is 18.3 Å². The zero-order valence-electron chi connectivity index (χ0n) is 9.42. The summed E-state index contributed by atoms with van der Waals surface area (Å²) in [6.07, 6.45) is 0.0942. The lowest BCUT2D eigenvalue weighted by molar-refractivity contribution is -0.137. The van der Waals surface area contributed by atoms with Crippen molar-refractivity contribution in [3.8, 4) is 0 Å². The van der Waals surface area contributed by atoms with Crippen LogP contribution in [0.2, 0.25) is 0 Å². The number of likely N-dealkylation sites (N-methyl/N-ethyl adjacent to an activating group) is 1. The smallest absolute Gasteiger partial charge is 0.303 e. The minimum atomic E-state index is -3.26. The lowest BCUT2D eigenvalue weighted by Gasteiger charge is -2.31. The molecule has 16 heavy (non-hydrogen) atoms. The largest absolute Gasteiger partial charge is 0.481 e. The zero-order valence-corrected chi connectivity index (χ0v) is 10.2. The molecule has 0 saturated carbocycles. The molecule has 0 radical (unpaired) electrons. The highest BCUT2D eigenvalue weighted by atomic mass is 32.2. The van der Waals surface area contributed by atoms with Crippen LogP contribution in [0.15, 0.2) is 0 Å². The van der Waals surface area contributed by atoms with Crippen molar-refractivity contribution >= 4 is 16.0 Å². The highest BCUT2D eigenvalue weighted by molar-refractivity contribution is 7.89. The first-order valence-corrected chi connectivity index (χ1v) is 6.91. The Kier molecular flexibility index (Phi) is 4.69. The molecule has 6 nitrogen and oxygen atoms in total. The van der Waals surface area contributed by atoms with Crippen LogP contribution in [0.3, 0.4) is 0 Å². The Balaban J connectivity index is 2.41. The van der Waals surface area contributed by atoms with Crippen molar-refractivity contribution in [1.82, 2.24) is 9.21 Å². The summed E-state index contributed by atoms with van der Waals surface area (Å²) in [7, 11) is -1.31. The van der Waals surface area contributed by atoms with E-state index in [0.29, 0.717) is 13.1 Å². The Morgan fingerprint density at radius 3 is 2.31 bits per heavy atom. The van der Waals surface area contributed by atoms with E-state index in [4.69, 9.17) is 5.11 Å². The van der Waals surface area contributed by atoms with Gasteiger partial charge < -0.3 is 10.0 Å². The summed E-state index contributed by atoms with van der Waals surface area (Å²) in [5.41, 5.74) is 0. The molecule has 0 bridgehead atoms. The number of piperazine rings is 1. The molecule has 1 fully saturated rings. The van der Waals surface area contributed by atoms with Crippen LogP contribution >= 0.6 is 0 Å². The van der Waals surface area contributed by atoms with Crippen LogP contribution in [0.4, 0.5) is 0 Å². The Bertz CT molecular complexity index is 333. The lowest BCUT2D eigenvalue weighted by Crippen LogP contribution is -2.47. The normalized spacial score (nSPS) is 19.8. The Morgan fingerprint density at radius 2 is 1.81 bits per heavy atom. The van der Waals surface area contributed by atoms with E-state index in [1.165, 1.54) is 4.31 Å². The van der Waals surface area contributed by atoms with Gasteiger partial charge in [0, 0.05) is 32.6 Å². The van der Waals surface area contributed by atoms with Crippen LogP contribution in [0.1, 0.15) is 12.8 Å². The number of rotatable bonds is 5. The van der Waals surface area contributed by atoms with Gasteiger partial charge in [-0.05, 0) is 13.5 Å². The van der Waals surface area contributed by atoms with Crippen molar-refractivity contribution in [2.45, 2.75) is 12.8 Å². The molecule has 0 aromatic carbocycles. The van der Waals surface area contributed by atoms with E-state index in [1.54, 1.807) is 0 Å². The van der Waals surface area contributed by atoms with Crippen LogP contribution < -0.4 is 0 Å². The van der Waals surface area contributed by atoms with E-state index >= 15 is 0 Å². The fourth-order valence-electron chi connectivity index (χ4n) is 1.60. The van der Waals surface area contributed by atoms with Crippen molar-refractivity contribution in [3.63, 3.8) is 0 Å². The molecule has 1 aliphatic rings. The third-order valence-electron chi connectivity index (χ3n) is 2.65. The summed E-state index contributed by atoms with van der Waals surface area (Å²) in [6.45, 7) is 2.48. The van der Waals surface area contributed by atoms with Gasteiger partial charge >= 0.3 is 5.97 Å². The molecule has 0 aromatic rings. The van der Waals surface area contributed by atoms with Crippen LogP contribution in [0.25, 0.3) is 0 Å². The number of hydrogen-bond acceptors (Lipinski definition) is 4. The first kappa shape index (κ1) is 13.4. The number of carboxylic acids is 1. The Morgan fingerprint density at radius 1 is 1.25 bits per heavy atom. The summed E-state index contributed by atoms with van der Waals surface area (Å²) < 4.78 is 25.0. The molecule has 94 valence electrons. The van der Waals surface area contributed by atoms with Gasteiger partial charge in [0.1, 0.15) is 0 Å². The van der Waals surface area contributed by atoms with E-state index in [2.05, 4.69) is 4.90 Å². The summed E-state index contributed by atoms with van der Waals surface area (Å²) in [5.74, 6) is -1.02. The van der Waals surface area contributed by atoms with Gasteiger partial charge in [0.25, 0.3) is 0 Å². The van der Waals surface area contributed by atoms with E-state index in [1.807, 2.05) is 7.05 Å². The molecule has 7 heteroatoms. The quantitative estimate of drug-likeness (QED) is 0.707. The molecule has 1 saturated heterocycles. The molecule has 1 N–H and O–H groups in total. The van der Waals surface area contributed by atoms with Gasteiger partial charge in [-0.3, -0.25) is 4.79 Å². The van der Waals surface area contributed by atoms with Gasteiger partial charge in [0.05, 0.1) is 5.75 Å². The van der Waals surface area contributed by atoms with Gasteiger partial charge in [-0.1, -0.05) is 0 Å². The standard InChI is InChI=1S/C9H18N2O4S/c1-10-4-6-11(7-5-10)16(14,15)8-2-3-9(12)13/h2-8H2,1H3,(H,12,13). The molecule has 0 aromatic heterocycles. The van der Waals surface area contributed by atoms with Gasteiger partial charge in [-0.25, -0.2) is 8.42 Å². The monoisotopic (exact) mass is 250 g/mol. The maximum absolute atomic E-state index is 11.8. The molecule has 0 amide bonds. The van der Waals surface area contributed by atoms with E-state index in [-0.39, 0.29) is 18.6 Å². The molecule has 1 aliphatic heterocycles. The third kappa shape index (κ3) is 4.07. The molecule has 1 heterocycles. The molecular formula is C9H18N2O4S. The maximum atomic E-state index is 11.8. The second-order valence-electron chi connectivity index (χ2n) is 4.02. The highest BCUT2D eigenvalue weighted by Crippen LogP contribution is 2.08. The fourth-order valence-corrected chi connectivity index (χ4v) is 3.09. The minimum Gasteiger partial charge on any atom is -0.481 e. The molecular weight excluding hydrogens is 232 g/mol. The fraction of sp³-hybridized carbons (Fsp3) is 0.889. The lowest BCUT2D eigenvalue weighted by atomic mass is 10.3. The average molecular weight is 250 g/mol. The highest BCUT2D eigenvalue weighted by Gasteiger charge is 2.25. The minimum absolute atomic E-state index is 0.0665. The predicted molar refractivity (Wildman–Crippen MR) is 59.7 cm³/mol. The number of hydrogen-bond donors (Lipinski definition) is 1. The third-order valence-corrected chi connectivity index (χ3v) is 4.61. The summed E-state index contributed by atoms with van der Waals surface area (Å²) >= 11 is 0. The number of nitrogens with zero attached hydrogens (tertiary/aromatic N) is 2. The van der Waals surface area contributed by atoms with E-state index in [0.717, 1.165) is 13.1 Å². The molecule has 1 rings (SSSR count). The predicted octanol–water partition coefficient (Wildman–Crippen LogP) is -0.572. The zero-order chi connectivity index (χ0) is 12.2. The van der Waals surface area contributed by atoms with Gasteiger partial charge in [0.2, 0.25) is 10.0 Å². The number of aliphatic carboxylic acids is 1. The number of carbonyl (C=O) groups is 1. The van der Waals surface area contributed by atoms with Crippen molar-refractivity contribution in [1.29, 1.82) is 0 Å². The molecule has 0 aliphatic carbocycles. The average Bonchev–Trinajstić information content (AvgIpc) is 2.17. The van der Waals surface area contributed by atoms with Crippen LogP contribution in [-0.2, 0) is 14.8 Å². The van der Waals surface area contributed by atoms with Gasteiger partial charge in [0.15, 0.2) is 0 Å². The van der Waals surface area contributed by atoms with Gasteiger partial charge in [-0.15, -0.1) is 0 Å². The van der Waals surface area contributed by atoms with Crippen molar-refractivity contribution in [2.75, 3.05) is 39.0 Å². The SMILES string of the molecule is CN1CCN(S(=O)(=O)CCCC(=O)O)CC1. The first-order valence-electron chi connectivity index (χ1n) is 5.30. The Labute approximate surface area is 95.9 Å². The summed E-state index contributed by atoms with van der Waals surface area (Å²) in [4.78, 5) is 12.4. The maximum Gasteiger partial charge on any atom is 0.303 e. The summed E-state index contributed by atoms with van der Waals surface area (Å²) in [6, 6.07) is 0. The molecule has 0 unspecified atom stereocenters. The van der Waals surface area contributed by atoms with Crippen LogP contribution in [0.5, 0.6) is 0 Å². The van der Waals surface area contributed by atoms with E-state index in [9.17, 15) is 13.2 Å². The second kappa shape index (κ2) is 5.60. The van der Waals surface area contributed by atoms with Crippen LogP contribution in [0, 0.1) is 0 Å². The van der Waals surface area contributed by atoms with Gasteiger partial charge in [-0.2, -0.15) is 4.31 Å². The van der Waals surface area contributed by atoms with Crippen molar-refractivity contribution in [2.24, 2.45) is 0 Å². The Hall–Kier alpha value is -0.660. The van der Waals surface area contributed by atoms with E-state index < -0.39 is 16.0 Å².